The number of fused-ring (bicyclic) bond motifs is 5. The standard InChI is InChI=1S/C30H46N4O5S3/c1-6-7-8-9-10-11-25(36)41-16-20(4)12-13-21-14-23(35)31-15-24-32-22(17-40-24)27-34-30(5,18-42-27)29(38)33-26(19(2)3)28(37)39-21/h12-13,17,19-21,26-27,34H,6-11,14-16,18H2,1-5H3,(H,31,35)(H,33,38)/b13-12+. The molecule has 3 N–H and O–H groups in total. The van der Waals surface area contributed by atoms with Crippen LogP contribution >= 0.6 is 34.9 Å². The zero-order valence-electron chi connectivity index (χ0n) is 25.4. The van der Waals surface area contributed by atoms with Crippen LogP contribution in [0.2, 0.25) is 0 Å². The third kappa shape index (κ3) is 10.7. The lowest BCUT2D eigenvalue weighted by molar-refractivity contribution is -0.153. The van der Waals surface area contributed by atoms with Gasteiger partial charge in [-0.25, -0.2) is 9.78 Å². The van der Waals surface area contributed by atoms with Crippen LogP contribution in [0, 0.1) is 11.8 Å². The summed E-state index contributed by atoms with van der Waals surface area (Å²) in [7, 11) is 0. The van der Waals surface area contributed by atoms with Gasteiger partial charge in [-0.15, -0.1) is 23.1 Å². The number of amides is 2. The van der Waals surface area contributed by atoms with E-state index >= 15 is 0 Å². The SMILES string of the molecule is CCCCCCCC(=O)SCC(C)/C=C/C1CC(=O)NCc2nc(cs2)C2NC(C)(CS2)C(=O)NC(C(C)C)C(=O)O1. The lowest BCUT2D eigenvalue weighted by Gasteiger charge is -2.29. The van der Waals surface area contributed by atoms with E-state index in [1.807, 2.05) is 39.2 Å². The van der Waals surface area contributed by atoms with Gasteiger partial charge in [-0.1, -0.05) is 71.2 Å². The summed E-state index contributed by atoms with van der Waals surface area (Å²) in [5.74, 6) is -0.185. The quantitative estimate of drug-likeness (QED) is 0.172. The Morgan fingerprint density at radius 3 is 2.71 bits per heavy atom. The maximum absolute atomic E-state index is 13.4. The molecule has 0 saturated carbocycles. The van der Waals surface area contributed by atoms with Crippen molar-refractivity contribution in [2.75, 3.05) is 11.5 Å². The smallest absolute Gasteiger partial charge is 0.329 e. The van der Waals surface area contributed by atoms with Gasteiger partial charge in [0, 0.05) is 23.3 Å². The van der Waals surface area contributed by atoms with Gasteiger partial charge in [0.1, 0.15) is 22.7 Å². The number of hydrogen-bond acceptors (Lipinski definition) is 10. The number of thiazole rings is 1. The molecule has 2 aliphatic rings. The predicted molar refractivity (Wildman–Crippen MR) is 171 cm³/mol. The molecule has 1 aromatic heterocycles. The molecule has 0 aliphatic carbocycles. The average molecular weight is 639 g/mol. The summed E-state index contributed by atoms with van der Waals surface area (Å²) >= 11 is 4.37. The van der Waals surface area contributed by atoms with Crippen LogP contribution in [0.1, 0.15) is 95.6 Å². The topological polar surface area (TPSA) is 126 Å². The second-order valence-corrected chi connectivity index (χ2v) is 14.8. The molecule has 12 heteroatoms. The largest absolute Gasteiger partial charge is 0.456 e. The van der Waals surface area contributed by atoms with Crippen LogP contribution in [-0.2, 0) is 30.5 Å². The van der Waals surface area contributed by atoms with Gasteiger partial charge in [0.25, 0.3) is 0 Å². The molecular weight excluding hydrogens is 593 g/mol. The molecule has 3 rings (SSSR count). The minimum absolute atomic E-state index is 0.0364. The van der Waals surface area contributed by atoms with E-state index in [9.17, 15) is 19.2 Å². The molecule has 42 heavy (non-hydrogen) atoms. The number of esters is 1. The first kappa shape index (κ1) is 34.6. The number of allylic oxidation sites excluding steroid dienone is 1. The fourth-order valence-corrected chi connectivity index (χ4v) is 7.62. The normalized spacial score (nSPS) is 26.2. The molecule has 0 radical (unpaired) electrons. The van der Waals surface area contributed by atoms with Crippen molar-refractivity contribution in [1.82, 2.24) is 20.9 Å². The van der Waals surface area contributed by atoms with Crippen LogP contribution < -0.4 is 16.0 Å². The van der Waals surface area contributed by atoms with Crippen molar-refractivity contribution in [3.63, 3.8) is 0 Å². The number of hydrogen-bond donors (Lipinski definition) is 3. The summed E-state index contributed by atoms with van der Waals surface area (Å²) in [6.45, 7) is 9.96. The molecule has 3 heterocycles. The van der Waals surface area contributed by atoms with Crippen molar-refractivity contribution in [1.29, 1.82) is 0 Å². The number of thioether (sulfide) groups is 2. The van der Waals surface area contributed by atoms with Gasteiger partial charge in [0.15, 0.2) is 5.12 Å². The molecule has 234 valence electrons. The Morgan fingerprint density at radius 1 is 1.21 bits per heavy atom. The molecular formula is C30H46N4O5S3. The van der Waals surface area contributed by atoms with Crippen LogP contribution in [0.25, 0.3) is 0 Å². The number of unbranched alkanes of at least 4 members (excludes halogenated alkanes) is 4. The summed E-state index contributed by atoms with van der Waals surface area (Å²) < 4.78 is 5.83. The summed E-state index contributed by atoms with van der Waals surface area (Å²) in [5.41, 5.74) is -0.0581. The number of cyclic esters (lactones) is 1. The molecule has 9 nitrogen and oxygen atoms in total. The second kappa shape index (κ2) is 16.8. The van der Waals surface area contributed by atoms with Crippen LogP contribution in [-0.4, -0.2) is 57.1 Å². The molecule has 0 aromatic carbocycles. The van der Waals surface area contributed by atoms with Gasteiger partial charge in [-0.05, 0) is 31.3 Å². The Kier molecular flexibility index (Phi) is 13.9. The van der Waals surface area contributed by atoms with Crippen LogP contribution in [0.3, 0.4) is 0 Å². The summed E-state index contributed by atoms with van der Waals surface area (Å²) in [6.07, 6.45) is 8.88. The third-order valence-corrected chi connectivity index (χ3v) is 10.8. The fourth-order valence-electron chi connectivity index (χ4n) is 4.58. The maximum atomic E-state index is 13.4. The van der Waals surface area contributed by atoms with Crippen molar-refractivity contribution in [3.05, 3.63) is 28.2 Å². The highest BCUT2D eigenvalue weighted by Gasteiger charge is 2.44. The van der Waals surface area contributed by atoms with Crippen molar-refractivity contribution >= 4 is 57.8 Å². The van der Waals surface area contributed by atoms with E-state index in [0.717, 1.165) is 23.5 Å². The minimum atomic E-state index is -0.878. The molecule has 4 bridgehead atoms. The third-order valence-electron chi connectivity index (χ3n) is 7.27. The first-order chi connectivity index (χ1) is 20.0. The van der Waals surface area contributed by atoms with E-state index in [1.165, 1.54) is 42.4 Å². The number of carbonyl (C=O) groups excluding carboxylic acids is 4. The van der Waals surface area contributed by atoms with E-state index in [1.54, 1.807) is 17.8 Å². The highest BCUT2D eigenvalue weighted by atomic mass is 32.2. The first-order valence-corrected chi connectivity index (χ1v) is 17.9. The number of nitrogens with one attached hydrogen (secondary N) is 3. The van der Waals surface area contributed by atoms with Crippen molar-refractivity contribution in [2.45, 2.75) is 109 Å². The number of aromatic nitrogens is 1. The van der Waals surface area contributed by atoms with E-state index in [2.05, 4.69) is 27.9 Å². The fraction of sp³-hybridized carbons (Fsp3) is 0.700. The highest BCUT2D eigenvalue weighted by Crippen LogP contribution is 2.38. The first-order valence-electron chi connectivity index (χ1n) is 15.0. The van der Waals surface area contributed by atoms with Gasteiger partial charge >= 0.3 is 5.97 Å². The predicted octanol–water partition coefficient (Wildman–Crippen LogP) is 5.12. The zero-order valence-corrected chi connectivity index (χ0v) is 27.9. The van der Waals surface area contributed by atoms with E-state index in [4.69, 9.17) is 4.74 Å². The van der Waals surface area contributed by atoms with Crippen LogP contribution in [0.15, 0.2) is 17.5 Å². The van der Waals surface area contributed by atoms with Crippen molar-refractivity contribution in [3.8, 4) is 0 Å². The van der Waals surface area contributed by atoms with Crippen LogP contribution in [0.4, 0.5) is 0 Å². The highest BCUT2D eigenvalue weighted by molar-refractivity contribution is 8.13. The molecule has 2 amide bonds. The van der Waals surface area contributed by atoms with Crippen molar-refractivity contribution < 1.29 is 23.9 Å². The second-order valence-electron chi connectivity index (χ2n) is 11.7. The summed E-state index contributed by atoms with van der Waals surface area (Å²) in [4.78, 5) is 56.6. The van der Waals surface area contributed by atoms with E-state index < -0.39 is 23.7 Å². The number of carbonyl (C=O) groups is 4. The molecule has 5 unspecified atom stereocenters. The lowest BCUT2D eigenvalue weighted by Crippen LogP contribution is -2.58. The number of ether oxygens (including phenoxy) is 1. The Bertz CT molecular complexity index is 1110. The monoisotopic (exact) mass is 638 g/mol. The molecule has 1 fully saturated rings. The summed E-state index contributed by atoms with van der Waals surface area (Å²) in [6, 6.07) is -0.874. The Labute approximate surface area is 262 Å². The number of nitrogens with zero attached hydrogens (tertiary/aromatic N) is 1. The van der Waals surface area contributed by atoms with E-state index in [0.29, 0.717) is 17.9 Å². The lowest BCUT2D eigenvalue weighted by atomic mass is 9.99. The van der Waals surface area contributed by atoms with E-state index in [-0.39, 0.29) is 47.1 Å². The Balaban J connectivity index is 1.68. The van der Waals surface area contributed by atoms with Crippen molar-refractivity contribution in [2.24, 2.45) is 11.8 Å². The van der Waals surface area contributed by atoms with Gasteiger partial charge < -0.3 is 15.4 Å². The molecule has 1 aromatic rings. The molecule has 5 atom stereocenters. The summed E-state index contributed by atoms with van der Waals surface area (Å²) in [5, 5.41) is 11.9. The average Bonchev–Trinajstić information content (AvgIpc) is 3.59. The van der Waals surface area contributed by atoms with Gasteiger partial charge in [-0.2, -0.15) is 0 Å². The zero-order chi connectivity index (χ0) is 30.7. The van der Waals surface area contributed by atoms with Crippen LogP contribution in [0.5, 0.6) is 0 Å². The Morgan fingerprint density at radius 2 is 1.98 bits per heavy atom. The number of rotatable bonds is 11. The van der Waals surface area contributed by atoms with Gasteiger partial charge in [0.05, 0.1) is 24.0 Å². The maximum Gasteiger partial charge on any atom is 0.329 e. The Hall–Kier alpha value is -1.89. The van der Waals surface area contributed by atoms with Gasteiger partial charge in [-0.3, -0.25) is 19.7 Å². The minimum Gasteiger partial charge on any atom is -0.456 e. The molecule has 0 spiro atoms. The van der Waals surface area contributed by atoms with Gasteiger partial charge in [0.2, 0.25) is 11.8 Å². The molecule has 1 saturated heterocycles. The molecule has 2 aliphatic heterocycles.